The van der Waals surface area contributed by atoms with Crippen molar-refractivity contribution in [2.24, 2.45) is 0 Å². The van der Waals surface area contributed by atoms with Crippen LogP contribution in [0, 0.1) is 0 Å². The van der Waals surface area contributed by atoms with Crippen molar-refractivity contribution in [3.63, 3.8) is 0 Å². The maximum atomic E-state index is 12.5. The predicted octanol–water partition coefficient (Wildman–Crippen LogP) is 5.77. The molecule has 0 fully saturated rings. The molecule has 0 aromatic heterocycles. The number of amides is 1. The number of benzene rings is 3. The van der Waals surface area contributed by atoms with Gasteiger partial charge in [0.15, 0.2) is 0 Å². The molecule has 25 heavy (non-hydrogen) atoms. The van der Waals surface area contributed by atoms with Crippen molar-refractivity contribution in [1.29, 1.82) is 0 Å². The quantitative estimate of drug-likeness (QED) is 0.553. The fourth-order valence-electron chi connectivity index (χ4n) is 2.80. The van der Waals surface area contributed by atoms with Crippen LogP contribution in [-0.4, -0.2) is 12.5 Å². The van der Waals surface area contributed by atoms with Crippen molar-refractivity contribution in [2.45, 2.75) is 19.8 Å². The fraction of sp³-hybridized carbons (Fsp3) is 0.190. The number of anilines is 2. The zero-order valence-corrected chi connectivity index (χ0v) is 14.9. The average molecular weight is 353 g/mol. The third-order valence-electron chi connectivity index (χ3n) is 4.09. The first-order valence-electron chi connectivity index (χ1n) is 8.51. The summed E-state index contributed by atoms with van der Waals surface area (Å²) in [6, 6.07) is 19.3. The number of hydrogen-bond donors (Lipinski definition) is 2. The smallest absolute Gasteiger partial charge is 0.251 e. The highest BCUT2D eigenvalue weighted by Gasteiger charge is 2.12. The van der Waals surface area contributed by atoms with Crippen LogP contribution in [0.1, 0.15) is 30.1 Å². The van der Waals surface area contributed by atoms with Gasteiger partial charge in [-0.05, 0) is 42.1 Å². The van der Waals surface area contributed by atoms with E-state index in [-0.39, 0.29) is 5.91 Å². The van der Waals surface area contributed by atoms with Crippen LogP contribution >= 0.6 is 11.6 Å². The van der Waals surface area contributed by atoms with E-state index in [1.165, 1.54) is 0 Å². The van der Waals surface area contributed by atoms with Gasteiger partial charge >= 0.3 is 0 Å². The van der Waals surface area contributed by atoms with Gasteiger partial charge in [0, 0.05) is 33.9 Å². The van der Waals surface area contributed by atoms with Gasteiger partial charge in [0.05, 0.1) is 0 Å². The number of fused-ring (bicyclic) bond motifs is 1. The second kappa shape index (κ2) is 8.04. The summed E-state index contributed by atoms with van der Waals surface area (Å²) in [5.74, 6) is -0.0287. The molecule has 0 radical (unpaired) electrons. The van der Waals surface area contributed by atoms with E-state index in [2.05, 4.69) is 17.6 Å². The Morgan fingerprint density at radius 3 is 2.56 bits per heavy atom. The molecule has 0 saturated carbocycles. The summed E-state index contributed by atoms with van der Waals surface area (Å²) in [6.07, 6.45) is 2.04. The van der Waals surface area contributed by atoms with E-state index in [9.17, 15) is 4.79 Å². The predicted molar refractivity (Wildman–Crippen MR) is 106 cm³/mol. The number of halogens is 1. The monoisotopic (exact) mass is 352 g/mol. The number of unbranched alkanes of at least 4 members (excludes halogenated alkanes) is 1. The van der Waals surface area contributed by atoms with Crippen molar-refractivity contribution in [3.8, 4) is 0 Å². The van der Waals surface area contributed by atoms with E-state index in [4.69, 9.17) is 11.6 Å². The van der Waals surface area contributed by atoms with Crippen molar-refractivity contribution < 1.29 is 4.79 Å². The molecule has 128 valence electrons. The summed E-state index contributed by atoms with van der Waals surface area (Å²) in [5, 5.41) is 9.00. The second-order valence-corrected chi connectivity index (χ2v) is 6.39. The van der Waals surface area contributed by atoms with Crippen LogP contribution in [0.2, 0.25) is 5.02 Å². The summed E-state index contributed by atoms with van der Waals surface area (Å²) in [5.41, 5.74) is 2.56. The van der Waals surface area contributed by atoms with Crippen LogP contribution in [0.3, 0.4) is 0 Å². The van der Waals surface area contributed by atoms with Gasteiger partial charge < -0.3 is 10.6 Å². The van der Waals surface area contributed by atoms with Gasteiger partial charge in [0.2, 0.25) is 0 Å². The molecule has 2 N–H and O–H groups in total. The molecule has 0 saturated heterocycles. The molecule has 3 nitrogen and oxygen atoms in total. The van der Waals surface area contributed by atoms with E-state index < -0.39 is 0 Å². The number of carbonyl (C=O) groups is 1. The molecule has 0 aliphatic heterocycles. The zero-order chi connectivity index (χ0) is 17.6. The van der Waals surface area contributed by atoms with E-state index in [0.717, 1.165) is 35.0 Å². The summed E-state index contributed by atoms with van der Waals surface area (Å²) in [4.78, 5) is 12.5. The van der Waals surface area contributed by atoms with Crippen molar-refractivity contribution in [1.82, 2.24) is 5.32 Å². The minimum Gasteiger partial charge on any atom is -0.355 e. The Labute approximate surface area is 153 Å². The largest absolute Gasteiger partial charge is 0.355 e. The molecule has 0 spiro atoms. The number of nitrogens with one attached hydrogen (secondary N) is 2. The van der Waals surface area contributed by atoms with Crippen LogP contribution in [-0.2, 0) is 0 Å². The Morgan fingerprint density at radius 2 is 1.80 bits per heavy atom. The Bertz CT molecular complexity index is 892. The summed E-state index contributed by atoms with van der Waals surface area (Å²) < 4.78 is 0. The number of carbonyl (C=O) groups excluding carboxylic acids is 1. The molecule has 1 amide bonds. The van der Waals surface area contributed by atoms with Crippen molar-refractivity contribution in [2.75, 3.05) is 11.9 Å². The summed E-state index contributed by atoms with van der Waals surface area (Å²) >= 11 is 6.06. The van der Waals surface area contributed by atoms with Crippen LogP contribution in [0.4, 0.5) is 11.4 Å². The lowest BCUT2D eigenvalue weighted by Crippen LogP contribution is -2.24. The Kier molecular flexibility index (Phi) is 5.56. The molecule has 0 heterocycles. The normalized spacial score (nSPS) is 10.6. The van der Waals surface area contributed by atoms with Crippen molar-refractivity contribution >= 4 is 39.7 Å². The molecule has 4 heteroatoms. The molecule has 0 unspecified atom stereocenters. The van der Waals surface area contributed by atoms with Crippen LogP contribution in [0.25, 0.3) is 10.8 Å². The lowest BCUT2D eigenvalue weighted by Gasteiger charge is -2.13. The fourth-order valence-corrected chi connectivity index (χ4v) is 2.99. The highest BCUT2D eigenvalue weighted by Crippen LogP contribution is 2.30. The Morgan fingerprint density at radius 1 is 1.00 bits per heavy atom. The molecule has 0 bridgehead atoms. The standard InChI is InChI=1S/C21H21ClN2O/c1-2-3-13-23-21(25)19-11-12-20(18-10-5-4-9-17(18)19)24-16-8-6-7-15(22)14-16/h4-12,14,24H,2-3,13H2,1H3,(H,23,25). The number of rotatable bonds is 6. The molecular formula is C21H21ClN2O. The Balaban J connectivity index is 1.94. The molecule has 3 rings (SSSR count). The van der Waals surface area contributed by atoms with Crippen LogP contribution < -0.4 is 10.6 Å². The van der Waals surface area contributed by atoms with Crippen molar-refractivity contribution in [3.05, 3.63) is 71.2 Å². The van der Waals surface area contributed by atoms with Gasteiger partial charge in [-0.2, -0.15) is 0 Å². The van der Waals surface area contributed by atoms with Gasteiger partial charge in [-0.3, -0.25) is 4.79 Å². The minimum absolute atomic E-state index is 0.0287. The van der Waals surface area contributed by atoms with E-state index in [1.54, 1.807) is 0 Å². The van der Waals surface area contributed by atoms with Crippen LogP contribution in [0.5, 0.6) is 0 Å². The number of hydrogen-bond acceptors (Lipinski definition) is 2. The zero-order valence-electron chi connectivity index (χ0n) is 14.2. The SMILES string of the molecule is CCCCNC(=O)c1ccc(Nc2cccc(Cl)c2)c2ccccc12. The average Bonchev–Trinajstić information content (AvgIpc) is 2.62. The first-order valence-corrected chi connectivity index (χ1v) is 8.89. The van der Waals surface area contributed by atoms with Crippen LogP contribution in [0.15, 0.2) is 60.7 Å². The van der Waals surface area contributed by atoms with E-state index >= 15 is 0 Å². The first-order chi connectivity index (χ1) is 12.2. The van der Waals surface area contributed by atoms with E-state index in [1.807, 2.05) is 60.7 Å². The third-order valence-corrected chi connectivity index (χ3v) is 4.32. The maximum absolute atomic E-state index is 12.5. The van der Waals surface area contributed by atoms with Gasteiger partial charge in [-0.25, -0.2) is 0 Å². The Hall–Kier alpha value is -2.52. The minimum atomic E-state index is -0.0287. The summed E-state index contributed by atoms with van der Waals surface area (Å²) in [6.45, 7) is 2.81. The molecule has 3 aromatic carbocycles. The topological polar surface area (TPSA) is 41.1 Å². The molecule has 0 aliphatic rings. The molecule has 0 atom stereocenters. The van der Waals surface area contributed by atoms with Gasteiger partial charge in [0.1, 0.15) is 0 Å². The van der Waals surface area contributed by atoms with Gasteiger partial charge in [-0.1, -0.05) is 55.3 Å². The second-order valence-electron chi connectivity index (χ2n) is 5.95. The third kappa shape index (κ3) is 4.12. The van der Waals surface area contributed by atoms with Gasteiger partial charge in [-0.15, -0.1) is 0 Å². The molecule has 3 aromatic rings. The molecular weight excluding hydrogens is 332 g/mol. The van der Waals surface area contributed by atoms with Gasteiger partial charge in [0.25, 0.3) is 5.91 Å². The highest BCUT2D eigenvalue weighted by atomic mass is 35.5. The summed E-state index contributed by atoms with van der Waals surface area (Å²) in [7, 11) is 0. The highest BCUT2D eigenvalue weighted by molar-refractivity contribution is 6.30. The first kappa shape index (κ1) is 17.3. The lowest BCUT2D eigenvalue weighted by atomic mass is 10.0. The lowest BCUT2D eigenvalue weighted by molar-refractivity contribution is 0.0955. The molecule has 0 aliphatic carbocycles. The van der Waals surface area contributed by atoms with E-state index in [0.29, 0.717) is 17.1 Å². The maximum Gasteiger partial charge on any atom is 0.251 e.